The van der Waals surface area contributed by atoms with E-state index in [1.54, 1.807) is 13.0 Å². The van der Waals surface area contributed by atoms with Gasteiger partial charge in [-0.3, -0.25) is 4.72 Å². The Morgan fingerprint density at radius 3 is 2.26 bits per heavy atom. The molecule has 0 atom stereocenters. The second kappa shape index (κ2) is 9.27. The number of nitrogens with zero attached hydrogens (tertiary/aromatic N) is 2. The van der Waals surface area contributed by atoms with Gasteiger partial charge in [-0.05, 0) is 61.5 Å². The molecule has 0 aliphatic rings. The van der Waals surface area contributed by atoms with Crippen LogP contribution in [-0.4, -0.2) is 39.2 Å². The fraction of sp³-hybridized carbons (Fsp3) is 0.158. The van der Waals surface area contributed by atoms with Crippen LogP contribution in [0.2, 0.25) is 0 Å². The molecular formula is C19H19FN4O5S2. The van der Waals surface area contributed by atoms with Crippen LogP contribution >= 0.6 is 0 Å². The predicted octanol–water partition coefficient (Wildman–Crippen LogP) is 2.55. The summed E-state index contributed by atoms with van der Waals surface area (Å²) < 4.78 is 72.0. The molecule has 0 radical (unpaired) electrons. The van der Waals surface area contributed by atoms with Crippen LogP contribution in [-0.2, 0) is 20.0 Å². The van der Waals surface area contributed by atoms with E-state index in [1.165, 1.54) is 54.7 Å². The summed E-state index contributed by atoms with van der Waals surface area (Å²) in [6, 6.07) is 12.0. The predicted molar refractivity (Wildman–Crippen MR) is 113 cm³/mol. The van der Waals surface area contributed by atoms with Crippen molar-refractivity contribution < 1.29 is 26.0 Å². The summed E-state index contributed by atoms with van der Waals surface area (Å²) in [5.41, 5.74) is 0.786. The molecule has 0 unspecified atom stereocenters. The van der Waals surface area contributed by atoms with E-state index in [9.17, 15) is 21.2 Å². The third-order valence-corrected chi connectivity index (χ3v) is 6.49. The highest BCUT2D eigenvalue weighted by molar-refractivity contribution is 7.93. The van der Waals surface area contributed by atoms with Gasteiger partial charge in [-0.1, -0.05) is 0 Å². The van der Waals surface area contributed by atoms with Gasteiger partial charge in [0, 0.05) is 17.6 Å². The lowest BCUT2D eigenvalue weighted by Crippen LogP contribution is -2.21. The van der Waals surface area contributed by atoms with Gasteiger partial charge in [0.1, 0.15) is 23.9 Å². The number of aryl methyl sites for hydroxylation is 1. The SMILES string of the molecule is Cc1ccnc(NS(=O)(=O)c2ccc(NS(=O)(=O)CCOc3ccc(F)cc3)cc2)n1. The maximum absolute atomic E-state index is 12.9. The van der Waals surface area contributed by atoms with Crippen LogP contribution in [0.15, 0.2) is 65.7 Å². The number of halogens is 1. The maximum Gasteiger partial charge on any atom is 0.264 e. The van der Waals surface area contributed by atoms with Gasteiger partial charge in [0.05, 0.1) is 4.90 Å². The lowest BCUT2D eigenvalue weighted by Gasteiger charge is -2.11. The average molecular weight is 467 g/mol. The number of ether oxygens (including phenoxy) is 1. The number of benzene rings is 2. The molecule has 0 bridgehead atoms. The van der Waals surface area contributed by atoms with Crippen LogP contribution in [0.1, 0.15) is 5.69 Å². The van der Waals surface area contributed by atoms with Crippen LogP contribution in [0.3, 0.4) is 0 Å². The Morgan fingerprint density at radius 2 is 1.61 bits per heavy atom. The minimum absolute atomic E-state index is 0.0640. The summed E-state index contributed by atoms with van der Waals surface area (Å²) >= 11 is 0. The van der Waals surface area contributed by atoms with Crippen LogP contribution in [0, 0.1) is 12.7 Å². The number of sulfonamides is 2. The first kappa shape index (κ1) is 22.4. The summed E-state index contributed by atoms with van der Waals surface area (Å²) in [6.07, 6.45) is 1.43. The first-order valence-electron chi connectivity index (χ1n) is 8.94. The van der Waals surface area contributed by atoms with E-state index in [0.717, 1.165) is 0 Å². The van der Waals surface area contributed by atoms with Gasteiger partial charge >= 0.3 is 0 Å². The molecular weight excluding hydrogens is 447 g/mol. The van der Waals surface area contributed by atoms with E-state index in [-0.39, 0.29) is 28.9 Å². The van der Waals surface area contributed by atoms with E-state index in [4.69, 9.17) is 4.74 Å². The lowest BCUT2D eigenvalue weighted by atomic mass is 10.3. The molecule has 2 N–H and O–H groups in total. The van der Waals surface area contributed by atoms with Crippen molar-refractivity contribution in [1.82, 2.24) is 9.97 Å². The van der Waals surface area contributed by atoms with Crippen molar-refractivity contribution in [3.05, 3.63) is 72.3 Å². The highest BCUT2D eigenvalue weighted by Crippen LogP contribution is 2.18. The van der Waals surface area contributed by atoms with Crippen LogP contribution in [0.25, 0.3) is 0 Å². The van der Waals surface area contributed by atoms with Crippen molar-refractivity contribution in [3.8, 4) is 5.75 Å². The standard InChI is InChI=1S/C19H19FN4O5S2/c1-14-10-11-21-19(22-14)24-31(27,28)18-8-4-16(5-9-18)23-30(25,26)13-12-29-17-6-2-15(20)3-7-17/h2-11,23H,12-13H2,1H3,(H,21,22,24). The molecule has 0 saturated carbocycles. The lowest BCUT2D eigenvalue weighted by molar-refractivity contribution is 0.340. The molecule has 3 rings (SSSR count). The number of hydrogen-bond acceptors (Lipinski definition) is 7. The number of aromatic nitrogens is 2. The van der Waals surface area contributed by atoms with E-state index >= 15 is 0 Å². The Balaban J connectivity index is 1.59. The zero-order valence-electron chi connectivity index (χ0n) is 16.3. The Bertz CT molecular complexity index is 1250. The Labute approximate surface area is 179 Å². The third kappa shape index (κ3) is 6.62. The zero-order valence-corrected chi connectivity index (χ0v) is 18.0. The smallest absolute Gasteiger partial charge is 0.264 e. The minimum atomic E-state index is -3.94. The fourth-order valence-electron chi connectivity index (χ4n) is 2.41. The zero-order chi connectivity index (χ0) is 22.5. The largest absolute Gasteiger partial charge is 0.492 e. The number of rotatable bonds is 9. The summed E-state index contributed by atoms with van der Waals surface area (Å²) in [6.45, 7) is 1.55. The second-order valence-corrected chi connectivity index (χ2v) is 9.90. The van der Waals surface area contributed by atoms with E-state index < -0.39 is 25.9 Å². The van der Waals surface area contributed by atoms with Gasteiger partial charge in [0.25, 0.3) is 10.0 Å². The Hall–Kier alpha value is -3.25. The van der Waals surface area contributed by atoms with Crippen molar-refractivity contribution in [2.24, 2.45) is 0 Å². The summed E-state index contributed by atoms with van der Waals surface area (Å²) in [5.74, 6) is -0.493. The number of hydrogen-bond donors (Lipinski definition) is 2. The Kier molecular flexibility index (Phi) is 6.71. The molecule has 9 nitrogen and oxygen atoms in total. The molecule has 0 aliphatic carbocycles. The molecule has 2 aromatic carbocycles. The minimum Gasteiger partial charge on any atom is -0.492 e. The topological polar surface area (TPSA) is 127 Å². The fourth-order valence-corrected chi connectivity index (χ4v) is 4.26. The first-order valence-corrected chi connectivity index (χ1v) is 12.1. The van der Waals surface area contributed by atoms with Crippen LogP contribution < -0.4 is 14.2 Å². The molecule has 12 heteroatoms. The molecule has 1 aromatic heterocycles. The number of nitrogens with one attached hydrogen (secondary N) is 2. The number of anilines is 2. The molecule has 0 aliphatic heterocycles. The van der Waals surface area contributed by atoms with Gasteiger partial charge in [0.15, 0.2) is 0 Å². The molecule has 0 spiro atoms. The first-order chi connectivity index (χ1) is 14.6. The average Bonchev–Trinajstić information content (AvgIpc) is 2.69. The summed E-state index contributed by atoms with van der Waals surface area (Å²) in [4.78, 5) is 7.75. The van der Waals surface area contributed by atoms with Crippen LogP contribution in [0.5, 0.6) is 5.75 Å². The van der Waals surface area contributed by atoms with Gasteiger partial charge in [-0.15, -0.1) is 0 Å². The molecule has 164 valence electrons. The van der Waals surface area contributed by atoms with E-state index in [2.05, 4.69) is 19.4 Å². The molecule has 3 aromatic rings. The van der Waals surface area contributed by atoms with Gasteiger partial charge in [-0.2, -0.15) is 0 Å². The van der Waals surface area contributed by atoms with Gasteiger partial charge < -0.3 is 4.74 Å². The van der Waals surface area contributed by atoms with E-state index in [1.807, 2.05) is 0 Å². The van der Waals surface area contributed by atoms with Crippen LogP contribution in [0.4, 0.5) is 16.0 Å². The monoisotopic (exact) mass is 466 g/mol. The van der Waals surface area contributed by atoms with Crippen molar-refractivity contribution in [3.63, 3.8) is 0 Å². The third-order valence-electron chi connectivity index (χ3n) is 3.89. The van der Waals surface area contributed by atoms with Gasteiger partial charge in [0.2, 0.25) is 16.0 Å². The molecule has 1 heterocycles. The van der Waals surface area contributed by atoms with Crippen molar-refractivity contribution in [2.75, 3.05) is 21.8 Å². The highest BCUT2D eigenvalue weighted by atomic mass is 32.2. The molecule has 0 amide bonds. The van der Waals surface area contributed by atoms with E-state index in [0.29, 0.717) is 11.4 Å². The molecule has 0 saturated heterocycles. The summed E-state index contributed by atoms with van der Waals surface area (Å²) in [5, 5.41) is 0. The maximum atomic E-state index is 12.9. The normalized spacial score (nSPS) is 11.7. The Morgan fingerprint density at radius 1 is 0.935 bits per heavy atom. The van der Waals surface area contributed by atoms with Crippen molar-refractivity contribution in [2.45, 2.75) is 11.8 Å². The quantitative estimate of drug-likeness (QED) is 0.496. The van der Waals surface area contributed by atoms with Crippen molar-refractivity contribution >= 4 is 31.7 Å². The highest BCUT2D eigenvalue weighted by Gasteiger charge is 2.17. The molecule has 0 fully saturated rings. The van der Waals surface area contributed by atoms with Crippen molar-refractivity contribution in [1.29, 1.82) is 0 Å². The second-order valence-electron chi connectivity index (χ2n) is 6.37. The van der Waals surface area contributed by atoms with Gasteiger partial charge in [-0.25, -0.2) is 35.9 Å². The summed E-state index contributed by atoms with van der Waals surface area (Å²) in [7, 11) is -7.69. The molecule has 31 heavy (non-hydrogen) atoms.